The molecule has 0 unspecified atom stereocenters. The Bertz CT molecular complexity index is 767. The maximum Gasteiger partial charge on any atom is 0.317 e. The SMILES string of the molecule is Cc1ccccc1[C@@H]1CCN(CCNC(=O)N(C)Cc2c(C)noc2C)C1. The molecule has 1 aliphatic rings. The van der Waals surface area contributed by atoms with Crippen molar-refractivity contribution in [2.24, 2.45) is 0 Å². The fourth-order valence-corrected chi connectivity index (χ4v) is 3.83. The van der Waals surface area contributed by atoms with Crippen LogP contribution in [-0.2, 0) is 6.54 Å². The summed E-state index contributed by atoms with van der Waals surface area (Å²) in [5.74, 6) is 1.37. The standard InChI is InChI=1S/C21H30N4O2/c1-15-7-5-6-8-19(15)18-9-11-25(13-18)12-10-22-21(26)24(4)14-20-16(2)23-27-17(20)3/h5-8,18H,9-14H2,1-4H3,(H,22,26)/t18-/m1/s1. The normalized spacial score (nSPS) is 17.3. The molecule has 2 amide bonds. The molecule has 1 N–H and O–H groups in total. The molecule has 1 aromatic heterocycles. The largest absolute Gasteiger partial charge is 0.361 e. The van der Waals surface area contributed by atoms with E-state index in [0.29, 0.717) is 19.0 Å². The van der Waals surface area contributed by atoms with E-state index in [9.17, 15) is 4.79 Å². The number of aromatic nitrogens is 1. The van der Waals surface area contributed by atoms with E-state index >= 15 is 0 Å². The molecule has 1 aliphatic heterocycles. The lowest BCUT2D eigenvalue weighted by molar-refractivity contribution is 0.204. The summed E-state index contributed by atoms with van der Waals surface area (Å²) in [6.45, 7) is 10.2. The van der Waals surface area contributed by atoms with Gasteiger partial charge in [-0.3, -0.25) is 0 Å². The number of nitrogens with one attached hydrogen (secondary N) is 1. The lowest BCUT2D eigenvalue weighted by Crippen LogP contribution is -2.40. The highest BCUT2D eigenvalue weighted by Gasteiger charge is 2.24. The number of amides is 2. The van der Waals surface area contributed by atoms with E-state index in [-0.39, 0.29) is 6.03 Å². The van der Waals surface area contributed by atoms with Gasteiger partial charge in [-0.2, -0.15) is 0 Å². The maximum absolute atomic E-state index is 12.3. The number of carbonyl (C=O) groups excluding carboxylic acids is 1. The quantitative estimate of drug-likeness (QED) is 0.848. The second kappa shape index (κ2) is 8.57. The van der Waals surface area contributed by atoms with Gasteiger partial charge in [0.05, 0.1) is 12.2 Å². The Morgan fingerprint density at radius 3 is 2.81 bits per heavy atom. The number of hydrogen-bond donors (Lipinski definition) is 1. The highest BCUT2D eigenvalue weighted by molar-refractivity contribution is 5.73. The first-order valence-corrected chi connectivity index (χ1v) is 9.64. The van der Waals surface area contributed by atoms with E-state index in [1.54, 1.807) is 11.9 Å². The van der Waals surface area contributed by atoms with Crippen LogP contribution in [0.25, 0.3) is 0 Å². The average Bonchev–Trinajstić information content (AvgIpc) is 3.24. The number of likely N-dealkylation sites (tertiary alicyclic amines) is 1. The van der Waals surface area contributed by atoms with Crippen molar-refractivity contribution in [3.8, 4) is 0 Å². The number of urea groups is 1. The smallest absolute Gasteiger partial charge is 0.317 e. The molecule has 6 nitrogen and oxygen atoms in total. The summed E-state index contributed by atoms with van der Waals surface area (Å²) in [6.07, 6.45) is 1.19. The van der Waals surface area contributed by atoms with Gasteiger partial charge >= 0.3 is 6.03 Å². The number of nitrogens with zero attached hydrogens (tertiary/aromatic N) is 3. The Hall–Kier alpha value is -2.34. The van der Waals surface area contributed by atoms with Crippen molar-refractivity contribution in [2.45, 2.75) is 39.7 Å². The molecule has 1 saturated heterocycles. The van der Waals surface area contributed by atoms with Crippen molar-refractivity contribution in [3.05, 3.63) is 52.4 Å². The highest BCUT2D eigenvalue weighted by Crippen LogP contribution is 2.28. The summed E-state index contributed by atoms with van der Waals surface area (Å²) in [7, 11) is 1.80. The second-order valence-corrected chi connectivity index (χ2v) is 7.53. The first-order valence-electron chi connectivity index (χ1n) is 9.64. The molecule has 1 fully saturated rings. The predicted molar refractivity (Wildman–Crippen MR) is 106 cm³/mol. The maximum atomic E-state index is 12.3. The van der Waals surface area contributed by atoms with Gasteiger partial charge in [0.15, 0.2) is 0 Å². The van der Waals surface area contributed by atoms with Crippen molar-refractivity contribution in [3.63, 3.8) is 0 Å². The molecule has 1 aromatic carbocycles. The zero-order valence-electron chi connectivity index (χ0n) is 16.8. The summed E-state index contributed by atoms with van der Waals surface area (Å²) < 4.78 is 5.16. The van der Waals surface area contributed by atoms with Crippen LogP contribution in [0.2, 0.25) is 0 Å². The summed E-state index contributed by atoms with van der Waals surface area (Å²) in [5.41, 5.74) is 4.65. The predicted octanol–water partition coefficient (Wildman–Crippen LogP) is 3.23. The molecule has 0 saturated carbocycles. The van der Waals surface area contributed by atoms with E-state index in [4.69, 9.17) is 4.52 Å². The second-order valence-electron chi connectivity index (χ2n) is 7.53. The summed E-state index contributed by atoms with van der Waals surface area (Å²) in [4.78, 5) is 16.5. The summed E-state index contributed by atoms with van der Waals surface area (Å²) in [5, 5.41) is 6.96. The van der Waals surface area contributed by atoms with Crippen LogP contribution in [0.5, 0.6) is 0 Å². The Kier molecular flexibility index (Phi) is 6.16. The van der Waals surface area contributed by atoms with Crippen LogP contribution in [0.15, 0.2) is 28.8 Å². The monoisotopic (exact) mass is 370 g/mol. The van der Waals surface area contributed by atoms with Crippen LogP contribution in [0.4, 0.5) is 4.79 Å². The summed E-state index contributed by atoms with van der Waals surface area (Å²) >= 11 is 0. The third-order valence-corrected chi connectivity index (χ3v) is 5.53. The van der Waals surface area contributed by atoms with Crippen molar-refractivity contribution < 1.29 is 9.32 Å². The molecule has 1 atom stereocenters. The fourth-order valence-electron chi connectivity index (χ4n) is 3.83. The minimum atomic E-state index is -0.0651. The molecule has 3 rings (SSSR count). The van der Waals surface area contributed by atoms with Crippen LogP contribution in [0, 0.1) is 20.8 Å². The Morgan fingerprint density at radius 2 is 2.11 bits per heavy atom. The number of aryl methyl sites for hydroxylation is 3. The first-order chi connectivity index (χ1) is 13.0. The van der Waals surface area contributed by atoms with Crippen molar-refractivity contribution in [1.82, 2.24) is 20.3 Å². The minimum Gasteiger partial charge on any atom is -0.361 e. The van der Waals surface area contributed by atoms with Gasteiger partial charge in [-0.15, -0.1) is 0 Å². The van der Waals surface area contributed by atoms with Crippen LogP contribution >= 0.6 is 0 Å². The van der Waals surface area contributed by atoms with Crippen LogP contribution in [-0.4, -0.2) is 54.2 Å². The van der Waals surface area contributed by atoms with Crippen LogP contribution in [0.1, 0.15) is 40.5 Å². The van der Waals surface area contributed by atoms with Crippen LogP contribution in [0.3, 0.4) is 0 Å². The zero-order valence-corrected chi connectivity index (χ0v) is 16.8. The van der Waals surface area contributed by atoms with Gasteiger partial charge in [-0.05, 0) is 50.8 Å². The fraction of sp³-hybridized carbons (Fsp3) is 0.524. The molecule has 0 spiro atoms. The average molecular weight is 370 g/mol. The van der Waals surface area contributed by atoms with Gasteiger partial charge in [-0.25, -0.2) is 4.79 Å². The van der Waals surface area contributed by atoms with E-state index in [2.05, 4.69) is 46.6 Å². The van der Waals surface area contributed by atoms with Crippen molar-refractivity contribution in [1.29, 1.82) is 0 Å². The minimum absolute atomic E-state index is 0.0651. The summed E-state index contributed by atoms with van der Waals surface area (Å²) in [6, 6.07) is 8.59. The molecule has 0 bridgehead atoms. The molecule has 6 heteroatoms. The molecule has 0 aliphatic carbocycles. The van der Waals surface area contributed by atoms with Gasteiger partial charge in [0.2, 0.25) is 0 Å². The topological polar surface area (TPSA) is 61.6 Å². The van der Waals surface area contributed by atoms with E-state index in [1.165, 1.54) is 17.5 Å². The van der Waals surface area contributed by atoms with Gasteiger partial charge in [0.1, 0.15) is 5.76 Å². The van der Waals surface area contributed by atoms with E-state index in [1.807, 2.05) is 13.8 Å². The lowest BCUT2D eigenvalue weighted by atomic mass is 9.94. The molecule has 146 valence electrons. The third-order valence-electron chi connectivity index (χ3n) is 5.53. The van der Waals surface area contributed by atoms with Crippen molar-refractivity contribution in [2.75, 3.05) is 33.2 Å². The molecule has 2 aromatic rings. The van der Waals surface area contributed by atoms with Gasteiger partial charge in [0.25, 0.3) is 0 Å². The Labute approximate surface area is 161 Å². The zero-order chi connectivity index (χ0) is 19.4. The number of benzene rings is 1. The molecular formula is C21H30N4O2. The van der Waals surface area contributed by atoms with Gasteiger partial charge in [-0.1, -0.05) is 29.4 Å². The lowest BCUT2D eigenvalue weighted by Gasteiger charge is -2.20. The van der Waals surface area contributed by atoms with E-state index < -0.39 is 0 Å². The van der Waals surface area contributed by atoms with Crippen LogP contribution < -0.4 is 5.32 Å². The number of rotatable bonds is 6. The van der Waals surface area contributed by atoms with Crippen molar-refractivity contribution >= 4 is 6.03 Å². The molecule has 0 radical (unpaired) electrons. The van der Waals surface area contributed by atoms with Gasteiger partial charge in [0, 0.05) is 32.2 Å². The van der Waals surface area contributed by atoms with E-state index in [0.717, 1.165) is 36.7 Å². The Morgan fingerprint density at radius 1 is 1.33 bits per heavy atom. The first kappa shape index (κ1) is 19.4. The third kappa shape index (κ3) is 4.69. The molecule has 27 heavy (non-hydrogen) atoms. The number of carbonyl (C=O) groups is 1. The highest BCUT2D eigenvalue weighted by atomic mass is 16.5. The van der Waals surface area contributed by atoms with Gasteiger partial charge < -0.3 is 19.6 Å². The molecule has 2 heterocycles. The molecular weight excluding hydrogens is 340 g/mol. The Balaban J connectivity index is 1.42. The number of hydrogen-bond acceptors (Lipinski definition) is 4.